The minimum Gasteiger partial charge on any atom is -2.00 e. The van der Waals surface area contributed by atoms with Crippen molar-refractivity contribution in [3.63, 3.8) is 0 Å². The molecule has 0 unspecified atom stereocenters. The van der Waals surface area contributed by atoms with Crippen LogP contribution >= 0.6 is 0 Å². The Balaban J connectivity index is 0. The van der Waals surface area contributed by atoms with Gasteiger partial charge in [-0.2, -0.15) is 0 Å². The van der Waals surface area contributed by atoms with Gasteiger partial charge in [0.05, 0.1) is 0 Å². The molecule has 0 aliphatic heterocycles. The molecule has 0 aliphatic carbocycles. The van der Waals surface area contributed by atoms with Crippen LogP contribution in [0.4, 0.5) is 0 Å². The topological polar surface area (TPSA) is 35.0 Å². The second-order valence-electron chi connectivity index (χ2n) is 0. The van der Waals surface area contributed by atoms with E-state index in [1.807, 2.05) is 0 Å². The summed E-state index contributed by atoms with van der Waals surface area (Å²) in [5.41, 5.74) is 0. The number of rotatable bonds is 0. The van der Waals surface area contributed by atoms with Crippen molar-refractivity contribution in [1.29, 1.82) is 0 Å². The first-order chi connectivity index (χ1) is 0. The van der Waals surface area contributed by atoms with E-state index in [2.05, 4.69) is 0 Å². The zero-order valence-electron chi connectivity index (χ0n) is 2.14. The van der Waals surface area contributed by atoms with Crippen molar-refractivity contribution in [1.82, 2.24) is 6.15 Å². The summed E-state index contributed by atoms with van der Waals surface area (Å²) in [5.74, 6) is 0. The Bertz CT molecular complexity index is 6.00. The smallest absolute Gasteiger partial charge is 2.00 e. The van der Waals surface area contributed by atoms with E-state index in [4.69, 9.17) is 0 Å². The Labute approximate surface area is 50.8 Å². The van der Waals surface area contributed by atoms with E-state index in [1.165, 1.54) is 0 Å². The van der Waals surface area contributed by atoms with E-state index in [0.717, 1.165) is 0 Å². The van der Waals surface area contributed by atoms with Crippen LogP contribution < -0.4 is 6.15 Å². The second-order valence-corrected chi connectivity index (χ2v) is 0. The fourth-order valence-corrected chi connectivity index (χ4v) is 0. The summed E-state index contributed by atoms with van der Waals surface area (Å²) in [7, 11) is 0. The predicted molar refractivity (Wildman–Crippen MR) is 26.9 cm³/mol. The molecule has 0 amide bonds. The molecule has 0 saturated carbocycles. The van der Waals surface area contributed by atoms with Crippen molar-refractivity contribution in [3.8, 4) is 0 Å². The molecule has 3 N–H and O–H groups in total. The van der Waals surface area contributed by atoms with Crippen LogP contribution in [0.1, 0.15) is 0 Å². The summed E-state index contributed by atoms with van der Waals surface area (Å²) in [4.78, 5) is 0. The summed E-state index contributed by atoms with van der Waals surface area (Å²) in [6, 6.07) is 0. The molecule has 0 atom stereocenters. The van der Waals surface area contributed by atoms with E-state index >= 15 is 0 Å². The minimum atomic E-state index is 0. The average molecular weight is 109 g/mol. The van der Waals surface area contributed by atoms with Crippen molar-refractivity contribution in [2.24, 2.45) is 0 Å². The predicted octanol–water partition coefficient (Wildman–Crippen LogP) is -0.491. The SMILES string of the molecule is N.[Al+3].[S-2].[SH-]. The van der Waals surface area contributed by atoms with Crippen LogP contribution in [0, 0.1) is 0 Å². The molecule has 0 fully saturated rings. The van der Waals surface area contributed by atoms with Gasteiger partial charge in [0.1, 0.15) is 0 Å². The maximum absolute atomic E-state index is 0. The van der Waals surface area contributed by atoms with Gasteiger partial charge < -0.3 is 33.1 Å². The standard InChI is InChI=1S/Al.H3N.H2S.S/h;1H3;1H2;/q+3;;;-2/p-1. The molecule has 0 saturated heterocycles. The summed E-state index contributed by atoms with van der Waals surface area (Å²) in [5, 5.41) is 0. The van der Waals surface area contributed by atoms with E-state index < -0.39 is 0 Å². The van der Waals surface area contributed by atoms with Crippen molar-refractivity contribution in [2.45, 2.75) is 0 Å². The number of hydrogen-bond donors (Lipinski definition) is 1. The maximum atomic E-state index is 0. The largest absolute Gasteiger partial charge is 3.00 e. The summed E-state index contributed by atoms with van der Waals surface area (Å²) >= 11 is 0. The van der Waals surface area contributed by atoms with Crippen molar-refractivity contribution >= 4 is 44.4 Å². The van der Waals surface area contributed by atoms with Crippen LogP contribution in [0.25, 0.3) is 0 Å². The Kier molecular flexibility index (Phi) is 482. The van der Waals surface area contributed by atoms with Gasteiger partial charge in [-0.1, -0.05) is 0 Å². The van der Waals surface area contributed by atoms with Gasteiger partial charge in [-0.15, -0.1) is 0 Å². The van der Waals surface area contributed by atoms with Crippen LogP contribution in [0.2, 0.25) is 0 Å². The molecule has 0 radical (unpaired) electrons. The Morgan fingerprint density at radius 1 is 1.00 bits per heavy atom. The average Bonchev–Trinajstić information content (AvgIpc) is 0. The van der Waals surface area contributed by atoms with Gasteiger partial charge in [-0.05, 0) is 0 Å². The summed E-state index contributed by atoms with van der Waals surface area (Å²) in [6.45, 7) is 0. The van der Waals surface area contributed by atoms with Gasteiger partial charge in [0, 0.05) is 0 Å². The van der Waals surface area contributed by atoms with Crippen molar-refractivity contribution in [3.05, 3.63) is 0 Å². The van der Waals surface area contributed by atoms with Crippen LogP contribution in [-0.4, -0.2) is 17.4 Å². The normalized spacial score (nSPS) is 0. The van der Waals surface area contributed by atoms with Crippen LogP contribution in [-0.2, 0) is 27.0 Å². The molecule has 0 spiro atoms. The molecule has 0 aromatic rings. The second kappa shape index (κ2) is 30.0. The summed E-state index contributed by atoms with van der Waals surface area (Å²) in [6.07, 6.45) is 0. The number of hydrogen-bond acceptors (Lipinski definition) is 2. The summed E-state index contributed by atoms with van der Waals surface area (Å²) < 4.78 is 0. The fraction of sp³-hybridized carbons (Fsp3) is 0. The first kappa shape index (κ1) is 64.2. The van der Waals surface area contributed by atoms with Gasteiger partial charge in [-0.25, -0.2) is 0 Å². The van der Waals surface area contributed by atoms with E-state index in [-0.39, 0.29) is 50.5 Å². The molecular formula is H4AlNS2. The molecule has 0 heterocycles. The molecule has 1 nitrogen and oxygen atoms in total. The van der Waals surface area contributed by atoms with Crippen LogP contribution in [0.3, 0.4) is 0 Å². The van der Waals surface area contributed by atoms with Crippen molar-refractivity contribution < 1.29 is 0 Å². The quantitative estimate of drug-likeness (QED) is 0.259. The monoisotopic (exact) mass is 109 g/mol. The molecule has 24 valence electrons. The molecule has 0 bridgehead atoms. The van der Waals surface area contributed by atoms with Gasteiger partial charge in [-0.3, -0.25) is 0 Å². The van der Waals surface area contributed by atoms with Gasteiger partial charge >= 0.3 is 17.4 Å². The first-order valence-corrected chi connectivity index (χ1v) is 0. The van der Waals surface area contributed by atoms with Gasteiger partial charge in [0.25, 0.3) is 0 Å². The molecule has 4 heavy (non-hydrogen) atoms. The Hall–Kier alpha value is 1.19. The van der Waals surface area contributed by atoms with E-state index in [1.54, 1.807) is 0 Å². The zero-order valence-corrected chi connectivity index (χ0v) is 5.01. The molecule has 0 aliphatic rings. The maximum Gasteiger partial charge on any atom is 3.00 e. The fourth-order valence-electron chi connectivity index (χ4n) is 0. The molecular weight excluding hydrogens is 105 g/mol. The molecule has 0 aromatic heterocycles. The van der Waals surface area contributed by atoms with Gasteiger partial charge in [0.2, 0.25) is 0 Å². The third-order valence-electron chi connectivity index (χ3n) is 0. The first-order valence-electron chi connectivity index (χ1n) is 0. The van der Waals surface area contributed by atoms with Gasteiger partial charge in [0.15, 0.2) is 0 Å². The molecule has 0 aromatic carbocycles. The van der Waals surface area contributed by atoms with Crippen LogP contribution in [0.15, 0.2) is 0 Å². The van der Waals surface area contributed by atoms with Crippen molar-refractivity contribution in [2.75, 3.05) is 0 Å². The Morgan fingerprint density at radius 2 is 1.00 bits per heavy atom. The molecule has 4 heteroatoms. The third kappa shape index (κ3) is 10.8. The zero-order chi connectivity index (χ0) is 0. The Morgan fingerprint density at radius 3 is 1.00 bits per heavy atom. The van der Waals surface area contributed by atoms with E-state index in [0.29, 0.717) is 0 Å². The van der Waals surface area contributed by atoms with E-state index in [9.17, 15) is 0 Å². The number of thiol groups is 1. The molecule has 0 rings (SSSR count). The van der Waals surface area contributed by atoms with Crippen LogP contribution in [0.5, 0.6) is 0 Å². The third-order valence-corrected chi connectivity index (χ3v) is 0. The minimum absolute atomic E-state index is 0.